The van der Waals surface area contributed by atoms with Gasteiger partial charge in [0.25, 0.3) is 0 Å². The Morgan fingerprint density at radius 2 is 2.05 bits per heavy atom. The van der Waals surface area contributed by atoms with E-state index < -0.39 is 0 Å². The summed E-state index contributed by atoms with van der Waals surface area (Å²) in [6.45, 7) is 12.9. The molecule has 4 nitrogen and oxygen atoms in total. The Bertz CT molecular complexity index is 407. The normalized spacial score (nSPS) is 11.1. The van der Waals surface area contributed by atoms with Gasteiger partial charge in [-0.1, -0.05) is 20.8 Å². The number of nitrogens with zero attached hydrogens (tertiary/aromatic N) is 2. The molecule has 0 unspecified atom stereocenters. The number of ether oxygens (including phenoxy) is 1. The predicted molar refractivity (Wildman–Crippen MR) is 89.9 cm³/mol. The van der Waals surface area contributed by atoms with Crippen LogP contribution >= 0.6 is 0 Å². The minimum Gasteiger partial charge on any atom is -0.380 e. The largest absolute Gasteiger partial charge is 0.380 e. The highest BCUT2D eigenvalue weighted by atomic mass is 16.5. The first kappa shape index (κ1) is 17.9. The first-order valence-electron chi connectivity index (χ1n) is 8.06. The number of nitrogens with one attached hydrogen (secondary N) is 1. The highest BCUT2D eigenvalue weighted by Crippen LogP contribution is 2.14. The average Bonchev–Trinajstić information content (AvgIpc) is 2.46. The lowest BCUT2D eigenvalue weighted by atomic mass is 10.1. The van der Waals surface area contributed by atoms with Gasteiger partial charge in [0.2, 0.25) is 0 Å². The van der Waals surface area contributed by atoms with E-state index in [1.165, 1.54) is 5.56 Å². The molecule has 1 rings (SSSR count). The lowest BCUT2D eigenvalue weighted by molar-refractivity contribution is 0.154. The molecule has 0 aliphatic heterocycles. The van der Waals surface area contributed by atoms with Crippen LogP contribution in [0.3, 0.4) is 0 Å². The van der Waals surface area contributed by atoms with Gasteiger partial charge in [0.05, 0.1) is 6.61 Å². The van der Waals surface area contributed by atoms with E-state index in [4.69, 9.17) is 9.72 Å². The van der Waals surface area contributed by atoms with Gasteiger partial charge in [0.1, 0.15) is 5.82 Å². The summed E-state index contributed by atoms with van der Waals surface area (Å²) in [6, 6.07) is 4.38. The minimum absolute atomic E-state index is 0.672. The Balaban J connectivity index is 2.69. The van der Waals surface area contributed by atoms with Crippen molar-refractivity contribution in [3.8, 4) is 0 Å². The smallest absolute Gasteiger partial charge is 0.128 e. The molecule has 0 amide bonds. The molecular weight excluding hydrogens is 262 g/mol. The average molecular weight is 293 g/mol. The number of anilines is 1. The van der Waals surface area contributed by atoms with Crippen molar-refractivity contribution in [1.29, 1.82) is 0 Å². The Labute approximate surface area is 129 Å². The second-order valence-electron chi connectivity index (χ2n) is 5.82. The van der Waals surface area contributed by atoms with Crippen LogP contribution in [0.15, 0.2) is 12.1 Å². The molecule has 21 heavy (non-hydrogen) atoms. The highest BCUT2D eigenvalue weighted by molar-refractivity contribution is 5.42. The Kier molecular flexibility index (Phi) is 8.31. The van der Waals surface area contributed by atoms with E-state index in [-0.39, 0.29) is 0 Å². The number of aryl methyl sites for hydroxylation is 1. The standard InChI is InChI=1S/C17H31N3O/c1-6-16-10-15(13-18-12-14(3)4)11-17(19-16)20(5)8-9-21-7-2/h10-11,14,18H,6-9,12-13H2,1-5H3. The number of rotatable bonds is 10. The van der Waals surface area contributed by atoms with Crippen LogP contribution in [0, 0.1) is 5.92 Å². The van der Waals surface area contributed by atoms with Gasteiger partial charge in [0, 0.05) is 32.4 Å². The maximum atomic E-state index is 5.42. The van der Waals surface area contributed by atoms with Crippen LogP contribution in [0.25, 0.3) is 0 Å². The zero-order valence-electron chi connectivity index (χ0n) is 14.3. The van der Waals surface area contributed by atoms with Gasteiger partial charge in [-0.25, -0.2) is 4.98 Å². The number of pyridine rings is 1. The first-order chi connectivity index (χ1) is 10.1. The summed E-state index contributed by atoms with van der Waals surface area (Å²) in [7, 11) is 2.08. The molecule has 0 bridgehead atoms. The molecule has 0 fully saturated rings. The fourth-order valence-electron chi connectivity index (χ4n) is 2.08. The highest BCUT2D eigenvalue weighted by Gasteiger charge is 2.07. The Morgan fingerprint density at radius 3 is 2.67 bits per heavy atom. The van der Waals surface area contributed by atoms with Crippen LogP contribution in [-0.4, -0.2) is 38.3 Å². The molecule has 0 radical (unpaired) electrons. The van der Waals surface area contributed by atoms with Crippen LogP contribution < -0.4 is 10.2 Å². The second kappa shape index (κ2) is 9.74. The number of hydrogen-bond donors (Lipinski definition) is 1. The van der Waals surface area contributed by atoms with Crippen molar-refractivity contribution in [2.24, 2.45) is 5.92 Å². The quantitative estimate of drug-likeness (QED) is 0.673. The van der Waals surface area contributed by atoms with E-state index in [2.05, 4.69) is 50.2 Å². The molecule has 0 aliphatic rings. The molecule has 0 aromatic carbocycles. The molecule has 0 spiro atoms. The van der Waals surface area contributed by atoms with E-state index in [9.17, 15) is 0 Å². The van der Waals surface area contributed by atoms with Crippen molar-refractivity contribution in [2.45, 2.75) is 40.7 Å². The molecule has 1 N–H and O–H groups in total. The Hall–Kier alpha value is -1.13. The molecule has 0 saturated carbocycles. The lowest BCUT2D eigenvalue weighted by Gasteiger charge is -2.20. The van der Waals surface area contributed by atoms with Crippen molar-refractivity contribution >= 4 is 5.82 Å². The summed E-state index contributed by atoms with van der Waals surface area (Å²) in [5, 5.41) is 3.50. The van der Waals surface area contributed by atoms with Crippen LogP contribution in [0.5, 0.6) is 0 Å². The maximum Gasteiger partial charge on any atom is 0.128 e. The second-order valence-corrected chi connectivity index (χ2v) is 5.82. The van der Waals surface area contributed by atoms with E-state index >= 15 is 0 Å². The fourth-order valence-corrected chi connectivity index (χ4v) is 2.08. The van der Waals surface area contributed by atoms with Gasteiger partial charge in [0.15, 0.2) is 0 Å². The first-order valence-corrected chi connectivity index (χ1v) is 8.06. The van der Waals surface area contributed by atoms with E-state index in [1.54, 1.807) is 0 Å². The summed E-state index contributed by atoms with van der Waals surface area (Å²) < 4.78 is 5.42. The third kappa shape index (κ3) is 6.91. The SMILES string of the molecule is CCOCCN(C)c1cc(CNCC(C)C)cc(CC)n1. The van der Waals surface area contributed by atoms with Crippen LogP contribution in [0.4, 0.5) is 5.82 Å². The molecule has 1 aromatic heterocycles. The van der Waals surface area contributed by atoms with Gasteiger partial charge in [-0.05, 0) is 43.5 Å². The predicted octanol–water partition coefficient (Wildman–Crippen LogP) is 2.86. The third-order valence-electron chi connectivity index (χ3n) is 3.33. The zero-order valence-corrected chi connectivity index (χ0v) is 14.3. The number of hydrogen-bond acceptors (Lipinski definition) is 4. The van der Waals surface area contributed by atoms with E-state index in [0.717, 1.165) is 50.8 Å². The van der Waals surface area contributed by atoms with Gasteiger partial charge in [-0.3, -0.25) is 0 Å². The topological polar surface area (TPSA) is 37.4 Å². The molecule has 120 valence electrons. The summed E-state index contributed by atoms with van der Waals surface area (Å²) in [5.41, 5.74) is 2.46. The Morgan fingerprint density at radius 1 is 1.29 bits per heavy atom. The molecule has 1 heterocycles. The van der Waals surface area contributed by atoms with Crippen molar-refractivity contribution in [3.63, 3.8) is 0 Å². The summed E-state index contributed by atoms with van der Waals surface area (Å²) in [6.07, 6.45) is 0.963. The van der Waals surface area contributed by atoms with Gasteiger partial charge >= 0.3 is 0 Å². The van der Waals surface area contributed by atoms with Crippen molar-refractivity contribution in [1.82, 2.24) is 10.3 Å². The van der Waals surface area contributed by atoms with Crippen LogP contribution in [-0.2, 0) is 17.7 Å². The molecule has 0 aliphatic carbocycles. The number of aromatic nitrogens is 1. The van der Waals surface area contributed by atoms with Crippen LogP contribution in [0.1, 0.15) is 39.0 Å². The molecular formula is C17H31N3O. The monoisotopic (exact) mass is 293 g/mol. The van der Waals surface area contributed by atoms with Crippen molar-refractivity contribution < 1.29 is 4.74 Å². The lowest BCUT2D eigenvalue weighted by Crippen LogP contribution is -2.24. The summed E-state index contributed by atoms with van der Waals surface area (Å²) in [4.78, 5) is 6.88. The molecule has 0 saturated heterocycles. The molecule has 1 aromatic rings. The van der Waals surface area contributed by atoms with E-state index in [0.29, 0.717) is 5.92 Å². The van der Waals surface area contributed by atoms with Gasteiger partial charge in [-0.2, -0.15) is 0 Å². The van der Waals surface area contributed by atoms with Gasteiger partial charge < -0.3 is 15.0 Å². The van der Waals surface area contributed by atoms with Crippen LogP contribution in [0.2, 0.25) is 0 Å². The summed E-state index contributed by atoms with van der Waals surface area (Å²) >= 11 is 0. The zero-order chi connectivity index (χ0) is 15.7. The molecule has 0 atom stereocenters. The van der Waals surface area contributed by atoms with Gasteiger partial charge in [-0.15, -0.1) is 0 Å². The molecule has 4 heteroatoms. The summed E-state index contributed by atoms with van der Waals surface area (Å²) in [5.74, 6) is 1.71. The number of likely N-dealkylation sites (N-methyl/N-ethyl adjacent to an activating group) is 1. The van der Waals surface area contributed by atoms with Crippen molar-refractivity contribution in [2.75, 3.05) is 38.3 Å². The fraction of sp³-hybridized carbons (Fsp3) is 0.706. The maximum absolute atomic E-state index is 5.42. The van der Waals surface area contributed by atoms with Crippen molar-refractivity contribution in [3.05, 3.63) is 23.4 Å². The third-order valence-corrected chi connectivity index (χ3v) is 3.33. The minimum atomic E-state index is 0.672. The van der Waals surface area contributed by atoms with E-state index in [1.807, 2.05) is 6.92 Å².